The van der Waals surface area contributed by atoms with Gasteiger partial charge >= 0.3 is 12.1 Å². The number of carbonyl (C=O) groups is 3. The zero-order chi connectivity index (χ0) is 23.9. The van der Waals surface area contributed by atoms with E-state index in [2.05, 4.69) is 34.9 Å². The quantitative estimate of drug-likeness (QED) is 0.549. The second-order valence-electron chi connectivity index (χ2n) is 9.82. The number of amides is 2. The molecule has 3 aliphatic carbocycles. The zero-order valence-electron chi connectivity index (χ0n) is 19.3. The standard InChI is InChI=1S/C27H30N2O5/c1-2-7-23(24(30)28-17-12-16-13-27(16,14-17)25(31)32)29-26(33)34-15-22-20-10-5-3-8-18(20)19-9-4-6-11-21(19)22/h3-6,8-11,16-17,22-23H,2,7,12-15H2,1H3,(H,28,30)(H,29,33)(H,31,32)/t16-,17+,23?,27+/m0/s1. The highest BCUT2D eigenvalue weighted by Gasteiger charge is 2.65. The fourth-order valence-corrected chi connectivity index (χ4v) is 5.91. The maximum Gasteiger partial charge on any atom is 0.407 e. The van der Waals surface area contributed by atoms with Crippen molar-refractivity contribution >= 4 is 18.0 Å². The van der Waals surface area contributed by atoms with Gasteiger partial charge in [0.15, 0.2) is 0 Å². The van der Waals surface area contributed by atoms with Gasteiger partial charge in [-0.15, -0.1) is 0 Å². The first-order valence-electron chi connectivity index (χ1n) is 12.1. The number of aliphatic carboxylic acids is 1. The minimum Gasteiger partial charge on any atom is -0.481 e. The zero-order valence-corrected chi connectivity index (χ0v) is 19.3. The summed E-state index contributed by atoms with van der Waals surface area (Å²) in [5.41, 5.74) is 3.92. The lowest BCUT2D eigenvalue weighted by Gasteiger charge is -2.22. The number of ether oxygens (including phenoxy) is 1. The average molecular weight is 463 g/mol. The summed E-state index contributed by atoms with van der Waals surface area (Å²) >= 11 is 0. The van der Waals surface area contributed by atoms with E-state index in [-0.39, 0.29) is 30.4 Å². The SMILES string of the molecule is CCCC(NC(=O)OCC1c2ccccc2-c2ccccc21)C(=O)N[C@@H]1C[C@H]2C[C@@]2(C(=O)O)C1. The van der Waals surface area contributed by atoms with Crippen LogP contribution in [0.3, 0.4) is 0 Å². The van der Waals surface area contributed by atoms with Gasteiger partial charge in [0.05, 0.1) is 5.41 Å². The summed E-state index contributed by atoms with van der Waals surface area (Å²) in [7, 11) is 0. The van der Waals surface area contributed by atoms with E-state index in [1.807, 2.05) is 31.2 Å². The lowest BCUT2D eigenvalue weighted by atomic mass is 9.98. The van der Waals surface area contributed by atoms with Crippen molar-refractivity contribution in [2.45, 2.75) is 57.0 Å². The van der Waals surface area contributed by atoms with E-state index in [0.29, 0.717) is 32.1 Å². The highest BCUT2D eigenvalue weighted by molar-refractivity contribution is 5.86. The van der Waals surface area contributed by atoms with Crippen molar-refractivity contribution in [3.63, 3.8) is 0 Å². The van der Waals surface area contributed by atoms with Gasteiger partial charge < -0.3 is 20.5 Å². The number of carbonyl (C=O) groups excluding carboxylic acids is 2. The molecule has 7 heteroatoms. The van der Waals surface area contributed by atoms with Crippen LogP contribution in [0.5, 0.6) is 0 Å². The van der Waals surface area contributed by atoms with Crippen LogP contribution in [0.2, 0.25) is 0 Å². The lowest BCUT2D eigenvalue weighted by Crippen LogP contribution is -2.49. The number of rotatable bonds is 8. The van der Waals surface area contributed by atoms with Crippen molar-refractivity contribution in [1.29, 1.82) is 0 Å². The van der Waals surface area contributed by atoms with Crippen LogP contribution in [0.1, 0.15) is 56.1 Å². The van der Waals surface area contributed by atoms with E-state index in [9.17, 15) is 19.5 Å². The molecule has 7 nitrogen and oxygen atoms in total. The minimum atomic E-state index is -0.767. The van der Waals surface area contributed by atoms with Gasteiger partial charge in [-0.3, -0.25) is 9.59 Å². The largest absolute Gasteiger partial charge is 0.481 e. The maximum atomic E-state index is 12.9. The third-order valence-corrected chi connectivity index (χ3v) is 7.71. The molecular formula is C27H30N2O5. The molecule has 3 aliphatic rings. The molecule has 2 fully saturated rings. The van der Waals surface area contributed by atoms with Crippen LogP contribution < -0.4 is 10.6 Å². The van der Waals surface area contributed by atoms with E-state index < -0.39 is 23.5 Å². The molecule has 5 rings (SSSR count). The van der Waals surface area contributed by atoms with Crippen LogP contribution in [-0.4, -0.2) is 41.8 Å². The predicted molar refractivity (Wildman–Crippen MR) is 126 cm³/mol. The summed E-state index contributed by atoms with van der Waals surface area (Å²) in [6, 6.07) is 15.4. The van der Waals surface area contributed by atoms with Crippen molar-refractivity contribution in [2.24, 2.45) is 11.3 Å². The summed E-state index contributed by atoms with van der Waals surface area (Å²) in [5, 5.41) is 15.2. The lowest BCUT2D eigenvalue weighted by molar-refractivity contribution is -0.143. The highest BCUT2D eigenvalue weighted by Crippen LogP contribution is 2.63. The molecule has 1 unspecified atom stereocenters. The number of hydrogen-bond acceptors (Lipinski definition) is 4. The van der Waals surface area contributed by atoms with Crippen molar-refractivity contribution in [3.8, 4) is 11.1 Å². The first-order valence-corrected chi connectivity index (χ1v) is 12.1. The molecule has 0 aliphatic heterocycles. The van der Waals surface area contributed by atoms with Crippen LogP contribution in [0.25, 0.3) is 11.1 Å². The molecule has 2 aromatic rings. The topological polar surface area (TPSA) is 105 Å². The van der Waals surface area contributed by atoms with Crippen LogP contribution >= 0.6 is 0 Å². The molecular weight excluding hydrogens is 432 g/mol. The fraction of sp³-hybridized carbons (Fsp3) is 0.444. The molecule has 3 N–H and O–H groups in total. The number of benzene rings is 2. The third kappa shape index (κ3) is 3.93. The Bertz CT molecular complexity index is 1090. The Morgan fingerprint density at radius 1 is 1.06 bits per heavy atom. The van der Waals surface area contributed by atoms with E-state index in [1.165, 1.54) is 0 Å². The van der Waals surface area contributed by atoms with Gasteiger partial charge in [0.1, 0.15) is 12.6 Å². The number of carboxylic acids is 1. The molecule has 0 heterocycles. The summed E-state index contributed by atoms with van der Waals surface area (Å²) in [6.07, 6.45) is 2.42. The molecule has 0 saturated heterocycles. The molecule has 0 aromatic heterocycles. The van der Waals surface area contributed by atoms with Gasteiger partial charge in [-0.2, -0.15) is 0 Å². The molecule has 34 heavy (non-hydrogen) atoms. The van der Waals surface area contributed by atoms with Crippen LogP contribution in [0.15, 0.2) is 48.5 Å². The monoisotopic (exact) mass is 462 g/mol. The Morgan fingerprint density at radius 3 is 2.29 bits per heavy atom. The summed E-state index contributed by atoms with van der Waals surface area (Å²) < 4.78 is 5.60. The van der Waals surface area contributed by atoms with Crippen molar-refractivity contribution in [3.05, 3.63) is 59.7 Å². The van der Waals surface area contributed by atoms with Gasteiger partial charge in [0.25, 0.3) is 0 Å². The summed E-state index contributed by atoms with van der Waals surface area (Å²) in [6.45, 7) is 2.13. The first-order chi connectivity index (χ1) is 16.4. The molecule has 4 atom stereocenters. The number of nitrogens with one attached hydrogen (secondary N) is 2. The number of fused-ring (bicyclic) bond motifs is 4. The molecule has 2 aromatic carbocycles. The van der Waals surface area contributed by atoms with Crippen molar-refractivity contribution in [1.82, 2.24) is 10.6 Å². The van der Waals surface area contributed by atoms with E-state index in [1.54, 1.807) is 0 Å². The Labute approximate surface area is 198 Å². The van der Waals surface area contributed by atoms with Gasteiger partial charge in [-0.05, 0) is 53.9 Å². The van der Waals surface area contributed by atoms with Gasteiger partial charge in [0, 0.05) is 12.0 Å². The van der Waals surface area contributed by atoms with Crippen LogP contribution in [-0.2, 0) is 14.3 Å². The molecule has 0 bridgehead atoms. The molecule has 178 valence electrons. The van der Waals surface area contributed by atoms with Gasteiger partial charge in [-0.25, -0.2) is 4.79 Å². The highest BCUT2D eigenvalue weighted by atomic mass is 16.5. The summed E-state index contributed by atoms with van der Waals surface area (Å²) in [5.74, 6) is -0.942. The number of alkyl carbamates (subject to hydrolysis) is 1. The van der Waals surface area contributed by atoms with E-state index in [0.717, 1.165) is 22.3 Å². The van der Waals surface area contributed by atoms with Crippen molar-refractivity contribution in [2.75, 3.05) is 6.61 Å². The molecule has 2 saturated carbocycles. The van der Waals surface area contributed by atoms with Crippen LogP contribution in [0, 0.1) is 11.3 Å². The van der Waals surface area contributed by atoms with E-state index >= 15 is 0 Å². The Kier molecular flexibility index (Phi) is 5.80. The smallest absolute Gasteiger partial charge is 0.407 e. The average Bonchev–Trinajstić information content (AvgIpc) is 3.26. The molecule has 0 spiro atoms. The predicted octanol–water partition coefficient (Wildman–Crippen LogP) is 4.06. The summed E-state index contributed by atoms with van der Waals surface area (Å²) in [4.78, 5) is 37.1. The van der Waals surface area contributed by atoms with Gasteiger partial charge in [0.2, 0.25) is 5.91 Å². The van der Waals surface area contributed by atoms with E-state index in [4.69, 9.17) is 4.74 Å². The number of carboxylic acid groups (broad SMARTS) is 1. The number of hydrogen-bond donors (Lipinski definition) is 3. The maximum absolute atomic E-state index is 12.9. The van der Waals surface area contributed by atoms with Crippen molar-refractivity contribution < 1.29 is 24.2 Å². The Hall–Kier alpha value is -3.35. The second kappa shape index (κ2) is 8.78. The fourth-order valence-electron chi connectivity index (χ4n) is 5.91. The Balaban J connectivity index is 1.19. The molecule has 2 amide bonds. The van der Waals surface area contributed by atoms with Crippen LogP contribution in [0.4, 0.5) is 4.79 Å². The molecule has 0 radical (unpaired) electrons. The van der Waals surface area contributed by atoms with Gasteiger partial charge in [-0.1, -0.05) is 61.9 Å². The second-order valence-corrected chi connectivity index (χ2v) is 9.82. The minimum absolute atomic E-state index is 0.0472. The third-order valence-electron chi connectivity index (χ3n) is 7.71. The normalized spacial score (nSPS) is 25.0. The first kappa shape index (κ1) is 22.4. The Morgan fingerprint density at radius 2 is 1.71 bits per heavy atom.